The molecule has 0 bridgehead atoms. The highest BCUT2D eigenvalue weighted by Crippen LogP contribution is 2.21. The van der Waals surface area contributed by atoms with Gasteiger partial charge < -0.3 is 5.32 Å². The Balaban J connectivity index is 2.85. The third-order valence-corrected chi connectivity index (χ3v) is 5.04. The molecule has 0 saturated carbocycles. The van der Waals surface area contributed by atoms with Gasteiger partial charge in [-0.3, -0.25) is 0 Å². The molecule has 90 valence electrons. The Morgan fingerprint density at radius 2 is 2.00 bits per heavy atom. The summed E-state index contributed by atoms with van der Waals surface area (Å²) in [6, 6.07) is 0. The zero-order chi connectivity index (χ0) is 11.7. The van der Waals surface area contributed by atoms with Gasteiger partial charge in [0.05, 0.1) is 5.75 Å². The molecule has 0 radical (unpaired) electrons. The van der Waals surface area contributed by atoms with Crippen LogP contribution in [0.4, 0.5) is 0 Å². The van der Waals surface area contributed by atoms with Crippen LogP contribution in [0.5, 0.6) is 0 Å². The van der Waals surface area contributed by atoms with Gasteiger partial charge in [-0.05, 0) is 19.8 Å². The number of piperazine rings is 1. The second-order valence-electron chi connectivity index (χ2n) is 5.23. The largest absolute Gasteiger partial charge is 0.314 e. The standard InChI is InChI=1S/C10H22N2O2S/c1-9(2)7-15(13,14)12-6-5-11-8-10(12,3)4/h9,11H,5-8H2,1-4H3. The van der Waals surface area contributed by atoms with Crippen molar-refractivity contribution < 1.29 is 8.42 Å². The summed E-state index contributed by atoms with van der Waals surface area (Å²) in [5, 5.41) is 3.22. The average molecular weight is 234 g/mol. The summed E-state index contributed by atoms with van der Waals surface area (Å²) < 4.78 is 25.9. The molecule has 0 atom stereocenters. The second-order valence-corrected chi connectivity index (χ2v) is 7.17. The highest BCUT2D eigenvalue weighted by molar-refractivity contribution is 7.89. The van der Waals surface area contributed by atoms with Crippen molar-refractivity contribution in [1.82, 2.24) is 9.62 Å². The van der Waals surface area contributed by atoms with Crippen LogP contribution in [0.15, 0.2) is 0 Å². The molecule has 0 aromatic heterocycles. The number of nitrogens with one attached hydrogen (secondary N) is 1. The van der Waals surface area contributed by atoms with E-state index in [4.69, 9.17) is 0 Å². The molecule has 1 aliphatic heterocycles. The highest BCUT2D eigenvalue weighted by atomic mass is 32.2. The third-order valence-electron chi connectivity index (χ3n) is 2.60. The molecule has 0 spiro atoms. The fraction of sp³-hybridized carbons (Fsp3) is 1.00. The van der Waals surface area contributed by atoms with Crippen molar-refractivity contribution in [2.75, 3.05) is 25.4 Å². The fourth-order valence-corrected chi connectivity index (χ4v) is 4.20. The summed E-state index contributed by atoms with van der Waals surface area (Å²) in [5.41, 5.74) is -0.300. The molecule has 1 N–H and O–H groups in total. The number of sulfonamides is 1. The Bertz CT molecular complexity index is 309. The smallest absolute Gasteiger partial charge is 0.214 e. The maximum absolute atomic E-state index is 12.1. The highest BCUT2D eigenvalue weighted by Gasteiger charge is 2.37. The summed E-state index contributed by atoms with van der Waals surface area (Å²) in [6.45, 7) is 9.88. The zero-order valence-electron chi connectivity index (χ0n) is 10.1. The first-order valence-electron chi connectivity index (χ1n) is 5.47. The molecule has 0 amide bonds. The van der Waals surface area contributed by atoms with Crippen molar-refractivity contribution in [3.05, 3.63) is 0 Å². The molecule has 1 saturated heterocycles. The predicted molar refractivity (Wildman–Crippen MR) is 62.3 cm³/mol. The lowest BCUT2D eigenvalue weighted by atomic mass is 10.0. The minimum absolute atomic E-state index is 0.181. The van der Waals surface area contributed by atoms with Crippen LogP contribution in [0.1, 0.15) is 27.7 Å². The number of hydrogen-bond donors (Lipinski definition) is 1. The second kappa shape index (κ2) is 4.39. The van der Waals surface area contributed by atoms with E-state index in [0.717, 1.165) is 13.1 Å². The molecule has 4 nitrogen and oxygen atoms in total. The molecule has 1 aliphatic rings. The van der Waals surface area contributed by atoms with E-state index in [9.17, 15) is 8.42 Å². The van der Waals surface area contributed by atoms with Gasteiger partial charge in [-0.2, -0.15) is 4.31 Å². The molecule has 5 heteroatoms. The summed E-state index contributed by atoms with van der Waals surface area (Å²) in [5.74, 6) is 0.428. The van der Waals surface area contributed by atoms with Crippen LogP contribution in [-0.4, -0.2) is 43.6 Å². The summed E-state index contributed by atoms with van der Waals surface area (Å²) in [4.78, 5) is 0. The lowest BCUT2D eigenvalue weighted by Gasteiger charge is -2.41. The zero-order valence-corrected chi connectivity index (χ0v) is 10.9. The van der Waals surface area contributed by atoms with Crippen LogP contribution in [0, 0.1) is 5.92 Å². The first-order valence-corrected chi connectivity index (χ1v) is 7.08. The molecule has 0 aromatic rings. The van der Waals surface area contributed by atoms with Gasteiger partial charge in [-0.1, -0.05) is 13.8 Å². The van der Waals surface area contributed by atoms with Crippen LogP contribution in [0.3, 0.4) is 0 Å². The first kappa shape index (κ1) is 12.9. The van der Waals surface area contributed by atoms with E-state index in [-0.39, 0.29) is 17.2 Å². The maximum Gasteiger partial charge on any atom is 0.214 e. The van der Waals surface area contributed by atoms with E-state index in [1.54, 1.807) is 4.31 Å². The Kier molecular flexibility index (Phi) is 3.79. The Morgan fingerprint density at radius 3 is 2.47 bits per heavy atom. The van der Waals surface area contributed by atoms with Gasteiger partial charge in [0.25, 0.3) is 0 Å². The SMILES string of the molecule is CC(C)CS(=O)(=O)N1CCNCC1(C)C. The average Bonchev–Trinajstić information content (AvgIpc) is 1.99. The van der Waals surface area contributed by atoms with E-state index in [0.29, 0.717) is 6.54 Å². The van der Waals surface area contributed by atoms with Crippen LogP contribution in [0.2, 0.25) is 0 Å². The van der Waals surface area contributed by atoms with E-state index in [1.807, 2.05) is 27.7 Å². The number of nitrogens with zero attached hydrogens (tertiary/aromatic N) is 1. The van der Waals surface area contributed by atoms with Gasteiger partial charge >= 0.3 is 0 Å². The van der Waals surface area contributed by atoms with Crippen LogP contribution >= 0.6 is 0 Å². The summed E-state index contributed by atoms with van der Waals surface area (Å²) in [6.07, 6.45) is 0. The van der Waals surface area contributed by atoms with E-state index in [2.05, 4.69) is 5.32 Å². The van der Waals surface area contributed by atoms with Crippen molar-refractivity contribution in [2.24, 2.45) is 5.92 Å². The van der Waals surface area contributed by atoms with Gasteiger partial charge in [0.15, 0.2) is 0 Å². The van der Waals surface area contributed by atoms with E-state index >= 15 is 0 Å². The lowest BCUT2D eigenvalue weighted by Crippen LogP contribution is -2.60. The Morgan fingerprint density at radius 1 is 1.40 bits per heavy atom. The first-order chi connectivity index (χ1) is 6.76. The van der Waals surface area contributed by atoms with Crippen molar-refractivity contribution in [1.29, 1.82) is 0 Å². The maximum atomic E-state index is 12.1. The van der Waals surface area contributed by atoms with Gasteiger partial charge in [-0.15, -0.1) is 0 Å². The monoisotopic (exact) mass is 234 g/mol. The molecule has 1 rings (SSSR count). The van der Waals surface area contributed by atoms with Gasteiger partial charge in [-0.25, -0.2) is 8.42 Å². The van der Waals surface area contributed by atoms with E-state index < -0.39 is 10.0 Å². The van der Waals surface area contributed by atoms with Gasteiger partial charge in [0.2, 0.25) is 10.0 Å². The molecule has 1 fully saturated rings. The quantitative estimate of drug-likeness (QED) is 0.780. The van der Waals surface area contributed by atoms with Crippen molar-refractivity contribution in [2.45, 2.75) is 33.2 Å². The van der Waals surface area contributed by atoms with Crippen molar-refractivity contribution >= 4 is 10.0 Å². The molecule has 1 heterocycles. The Labute approximate surface area is 93.1 Å². The molecular weight excluding hydrogens is 212 g/mol. The lowest BCUT2D eigenvalue weighted by molar-refractivity contribution is 0.185. The van der Waals surface area contributed by atoms with Crippen LogP contribution < -0.4 is 5.32 Å². The minimum Gasteiger partial charge on any atom is -0.314 e. The molecule has 0 aliphatic carbocycles. The molecule has 0 unspecified atom stereocenters. The van der Waals surface area contributed by atoms with Gasteiger partial charge in [0, 0.05) is 25.2 Å². The number of rotatable bonds is 3. The Hall–Kier alpha value is -0.130. The van der Waals surface area contributed by atoms with Crippen molar-refractivity contribution in [3.63, 3.8) is 0 Å². The third kappa shape index (κ3) is 3.16. The van der Waals surface area contributed by atoms with E-state index in [1.165, 1.54) is 0 Å². The molecule has 0 aromatic carbocycles. The van der Waals surface area contributed by atoms with Crippen molar-refractivity contribution in [3.8, 4) is 0 Å². The minimum atomic E-state index is -3.10. The summed E-state index contributed by atoms with van der Waals surface area (Å²) in [7, 11) is -3.10. The molecule has 15 heavy (non-hydrogen) atoms. The fourth-order valence-electron chi connectivity index (χ4n) is 1.99. The predicted octanol–water partition coefficient (Wildman–Crippen LogP) is 0.656. The number of hydrogen-bond acceptors (Lipinski definition) is 3. The van der Waals surface area contributed by atoms with Crippen LogP contribution in [-0.2, 0) is 10.0 Å². The molecular formula is C10H22N2O2S. The normalized spacial score (nSPS) is 23.3. The summed E-state index contributed by atoms with van der Waals surface area (Å²) >= 11 is 0. The topological polar surface area (TPSA) is 49.4 Å². The van der Waals surface area contributed by atoms with Crippen LogP contribution in [0.25, 0.3) is 0 Å². The van der Waals surface area contributed by atoms with Gasteiger partial charge in [0.1, 0.15) is 0 Å².